The average molecular weight is 401 g/mol. The maximum Gasteiger partial charge on any atom is 0.129 e. The van der Waals surface area contributed by atoms with E-state index in [2.05, 4.69) is 58.5 Å². The summed E-state index contributed by atoms with van der Waals surface area (Å²) in [6.45, 7) is 6.75. The Morgan fingerprint density at radius 1 is 1.35 bits per heavy atom. The fourth-order valence-electron chi connectivity index (χ4n) is 2.86. The normalized spacial score (nSPS) is 15.9. The Bertz CT molecular complexity index is 636. The summed E-state index contributed by atoms with van der Waals surface area (Å²) in [6.07, 6.45) is 1.93. The predicted octanol–water partition coefficient (Wildman–Crippen LogP) is 4.88. The first-order valence-electron chi connectivity index (χ1n) is 6.99. The van der Waals surface area contributed by atoms with Crippen LogP contribution in [0, 0.1) is 5.92 Å². The second kappa shape index (κ2) is 5.68. The monoisotopic (exact) mass is 400 g/mol. The molecule has 1 aliphatic heterocycles. The molecule has 1 saturated heterocycles. The molecule has 106 valence electrons. The largest absolute Gasteiger partial charge is 0.370 e. The van der Waals surface area contributed by atoms with Crippen molar-refractivity contribution in [3.63, 3.8) is 0 Å². The molecule has 1 aromatic carbocycles. The molecule has 3 rings (SSSR count). The summed E-state index contributed by atoms with van der Waals surface area (Å²) in [6, 6.07) is 6.50. The highest BCUT2D eigenvalue weighted by Gasteiger charge is 2.27. The Morgan fingerprint density at radius 3 is 2.75 bits per heavy atom. The van der Waals surface area contributed by atoms with Gasteiger partial charge in [0, 0.05) is 40.7 Å². The van der Waals surface area contributed by atoms with Crippen LogP contribution in [0.5, 0.6) is 0 Å². The third-order valence-electron chi connectivity index (χ3n) is 4.02. The van der Waals surface area contributed by atoms with Gasteiger partial charge >= 0.3 is 0 Å². The summed E-state index contributed by atoms with van der Waals surface area (Å²) >= 11 is 8.57. The molecular formula is C16H18ClIN2. The molecule has 1 aliphatic rings. The third kappa shape index (κ3) is 2.50. The molecule has 0 saturated carbocycles. The minimum Gasteiger partial charge on any atom is -0.370 e. The van der Waals surface area contributed by atoms with Crippen LogP contribution in [-0.2, 0) is 0 Å². The molecule has 4 heteroatoms. The van der Waals surface area contributed by atoms with E-state index in [4.69, 9.17) is 11.6 Å². The first kappa shape index (κ1) is 14.4. The highest BCUT2D eigenvalue weighted by Crippen LogP contribution is 2.36. The van der Waals surface area contributed by atoms with Crippen molar-refractivity contribution in [3.05, 3.63) is 35.1 Å². The zero-order valence-electron chi connectivity index (χ0n) is 11.7. The highest BCUT2D eigenvalue weighted by atomic mass is 127. The molecule has 0 N–H and O–H groups in total. The second-order valence-electron chi connectivity index (χ2n) is 5.81. The van der Waals surface area contributed by atoms with Crippen LogP contribution in [0.25, 0.3) is 10.8 Å². The van der Waals surface area contributed by atoms with Gasteiger partial charge in [-0.2, -0.15) is 0 Å². The standard InChI is InChI=1S/C16H18ClIN2/c1-10(2)12-3-4-15(20-8-11(6-18)9-20)14-7-19-16(17)5-13(12)14/h3-5,7,10-11H,6,8-9H2,1-2H3. The minimum absolute atomic E-state index is 0.489. The lowest BCUT2D eigenvalue weighted by atomic mass is 9.94. The fraction of sp³-hybridized carbons (Fsp3) is 0.438. The van der Waals surface area contributed by atoms with Crippen molar-refractivity contribution >= 4 is 50.7 Å². The quantitative estimate of drug-likeness (QED) is 0.414. The van der Waals surface area contributed by atoms with Crippen molar-refractivity contribution in [2.45, 2.75) is 19.8 Å². The van der Waals surface area contributed by atoms with Crippen molar-refractivity contribution < 1.29 is 0 Å². The molecule has 2 aromatic rings. The van der Waals surface area contributed by atoms with Crippen molar-refractivity contribution in [2.75, 3.05) is 22.4 Å². The van der Waals surface area contributed by atoms with Gasteiger partial charge in [0.15, 0.2) is 0 Å². The summed E-state index contributed by atoms with van der Waals surface area (Å²) in [5, 5.41) is 3.05. The summed E-state index contributed by atoms with van der Waals surface area (Å²) < 4.78 is 1.24. The highest BCUT2D eigenvalue weighted by molar-refractivity contribution is 14.1. The van der Waals surface area contributed by atoms with E-state index >= 15 is 0 Å². The number of fused-ring (bicyclic) bond motifs is 1. The van der Waals surface area contributed by atoms with Crippen LogP contribution in [0.4, 0.5) is 5.69 Å². The molecule has 20 heavy (non-hydrogen) atoms. The van der Waals surface area contributed by atoms with E-state index in [1.807, 2.05) is 12.3 Å². The number of pyridine rings is 1. The molecular weight excluding hydrogens is 383 g/mol. The molecule has 0 unspecified atom stereocenters. The van der Waals surface area contributed by atoms with Crippen LogP contribution >= 0.6 is 34.2 Å². The molecule has 2 heterocycles. The Labute approximate surface area is 138 Å². The molecule has 0 spiro atoms. The summed E-state index contributed by atoms with van der Waals surface area (Å²) in [5.74, 6) is 1.32. The van der Waals surface area contributed by atoms with Gasteiger partial charge in [-0.3, -0.25) is 0 Å². The number of nitrogens with zero attached hydrogens (tertiary/aromatic N) is 2. The van der Waals surface area contributed by atoms with Crippen molar-refractivity contribution in [3.8, 4) is 0 Å². The number of anilines is 1. The lowest BCUT2D eigenvalue weighted by Crippen LogP contribution is -2.47. The summed E-state index contributed by atoms with van der Waals surface area (Å²) in [7, 11) is 0. The molecule has 0 aliphatic carbocycles. The molecule has 0 bridgehead atoms. The van der Waals surface area contributed by atoms with Crippen LogP contribution in [-0.4, -0.2) is 22.5 Å². The Kier molecular flexibility index (Phi) is 4.09. The molecule has 0 amide bonds. The van der Waals surface area contributed by atoms with Gasteiger partial charge in [-0.05, 0) is 29.0 Å². The molecule has 1 fully saturated rings. The van der Waals surface area contributed by atoms with Crippen LogP contribution in [0.15, 0.2) is 24.4 Å². The lowest BCUT2D eigenvalue weighted by Gasteiger charge is -2.41. The maximum atomic E-state index is 6.10. The Hall–Kier alpha value is -0.550. The molecule has 0 atom stereocenters. The number of hydrogen-bond acceptors (Lipinski definition) is 2. The number of rotatable bonds is 3. The van der Waals surface area contributed by atoms with Crippen LogP contribution in [0.2, 0.25) is 5.15 Å². The molecule has 0 radical (unpaired) electrons. The summed E-state index contributed by atoms with van der Waals surface area (Å²) in [4.78, 5) is 6.74. The number of aromatic nitrogens is 1. The van der Waals surface area contributed by atoms with E-state index in [0.29, 0.717) is 11.1 Å². The second-order valence-corrected chi connectivity index (χ2v) is 7.07. The zero-order chi connectivity index (χ0) is 14.3. The maximum absolute atomic E-state index is 6.10. The predicted molar refractivity (Wildman–Crippen MR) is 95.4 cm³/mol. The first-order valence-corrected chi connectivity index (χ1v) is 8.89. The number of alkyl halides is 1. The van der Waals surface area contributed by atoms with Gasteiger partial charge in [0.05, 0.1) is 0 Å². The average Bonchev–Trinajstić information content (AvgIpc) is 2.36. The van der Waals surface area contributed by atoms with Gasteiger partial charge in [0.25, 0.3) is 0 Å². The van der Waals surface area contributed by atoms with E-state index in [1.165, 1.54) is 26.5 Å². The zero-order valence-corrected chi connectivity index (χ0v) is 14.6. The van der Waals surface area contributed by atoms with Gasteiger partial charge < -0.3 is 4.90 Å². The number of benzene rings is 1. The van der Waals surface area contributed by atoms with E-state index in [0.717, 1.165) is 19.0 Å². The van der Waals surface area contributed by atoms with E-state index in [1.54, 1.807) is 0 Å². The third-order valence-corrected chi connectivity index (χ3v) is 5.47. The van der Waals surface area contributed by atoms with Gasteiger partial charge in [-0.15, -0.1) is 0 Å². The summed E-state index contributed by atoms with van der Waals surface area (Å²) in [5.41, 5.74) is 2.65. The van der Waals surface area contributed by atoms with Gasteiger partial charge in [-0.25, -0.2) is 4.98 Å². The number of halogens is 2. The van der Waals surface area contributed by atoms with Crippen molar-refractivity contribution in [1.82, 2.24) is 4.98 Å². The van der Waals surface area contributed by atoms with Gasteiger partial charge in [-0.1, -0.05) is 54.1 Å². The smallest absolute Gasteiger partial charge is 0.129 e. The van der Waals surface area contributed by atoms with Gasteiger partial charge in [0.2, 0.25) is 0 Å². The SMILES string of the molecule is CC(C)c1ccc(N2CC(CI)C2)c2cnc(Cl)cc12. The van der Waals surface area contributed by atoms with Crippen molar-refractivity contribution in [2.24, 2.45) is 5.92 Å². The Morgan fingerprint density at radius 2 is 2.10 bits per heavy atom. The number of hydrogen-bond donors (Lipinski definition) is 0. The van der Waals surface area contributed by atoms with Gasteiger partial charge in [0.1, 0.15) is 5.15 Å². The van der Waals surface area contributed by atoms with Crippen LogP contribution < -0.4 is 4.90 Å². The topological polar surface area (TPSA) is 16.1 Å². The molecule has 1 aromatic heterocycles. The lowest BCUT2D eigenvalue weighted by molar-refractivity contribution is 0.461. The van der Waals surface area contributed by atoms with Crippen LogP contribution in [0.3, 0.4) is 0 Å². The fourth-order valence-corrected chi connectivity index (χ4v) is 3.58. The van der Waals surface area contributed by atoms with Crippen molar-refractivity contribution in [1.29, 1.82) is 0 Å². The first-order chi connectivity index (χ1) is 9.60. The minimum atomic E-state index is 0.489. The Balaban J connectivity index is 2.09. The van der Waals surface area contributed by atoms with E-state index in [-0.39, 0.29) is 0 Å². The van der Waals surface area contributed by atoms with E-state index in [9.17, 15) is 0 Å². The van der Waals surface area contributed by atoms with E-state index < -0.39 is 0 Å². The molecule has 2 nitrogen and oxygen atoms in total. The van der Waals surface area contributed by atoms with Crippen LogP contribution in [0.1, 0.15) is 25.3 Å².